The fraction of sp³-hybridized carbons (Fsp3) is 0.211. The zero-order valence-electron chi connectivity index (χ0n) is 14.5. The van der Waals surface area contributed by atoms with E-state index < -0.39 is 22.9 Å². The minimum Gasteiger partial charge on any atom is -0.326 e. The van der Waals surface area contributed by atoms with Crippen LogP contribution in [0.3, 0.4) is 0 Å². The molecule has 0 aromatic heterocycles. The molecule has 1 aliphatic rings. The van der Waals surface area contributed by atoms with E-state index in [-0.39, 0.29) is 18.0 Å². The van der Waals surface area contributed by atoms with Gasteiger partial charge in [0.1, 0.15) is 5.25 Å². The minimum absolute atomic E-state index is 0.0289. The standard InChI is InChI=1S/C19H16F3N3O2S/c20-19(21,22)13-7-4-8-14(9-13)24-16(26)10-15-17(27)25-18(28-15)23-11-12-5-2-1-3-6-12/h1-9,15H,10-11H2,(H,24,26)(H,23,25,27)/t15-/m1/s1. The van der Waals surface area contributed by atoms with Crippen molar-refractivity contribution in [2.24, 2.45) is 4.99 Å². The predicted octanol–water partition coefficient (Wildman–Crippen LogP) is 3.82. The van der Waals surface area contributed by atoms with Crippen LogP contribution in [0.2, 0.25) is 0 Å². The first-order chi connectivity index (χ1) is 13.3. The average molecular weight is 407 g/mol. The maximum Gasteiger partial charge on any atom is 0.416 e. The number of alkyl halides is 3. The molecule has 3 rings (SSSR count). The lowest BCUT2D eigenvalue weighted by molar-refractivity contribution is -0.137. The molecule has 0 radical (unpaired) electrons. The van der Waals surface area contributed by atoms with Crippen molar-refractivity contribution < 1.29 is 22.8 Å². The molecule has 28 heavy (non-hydrogen) atoms. The third kappa shape index (κ3) is 5.35. The van der Waals surface area contributed by atoms with E-state index in [1.807, 2.05) is 30.3 Å². The summed E-state index contributed by atoms with van der Waals surface area (Å²) in [6.07, 6.45) is -4.66. The Kier molecular flexibility index (Phi) is 6.03. The smallest absolute Gasteiger partial charge is 0.326 e. The zero-order valence-corrected chi connectivity index (χ0v) is 15.3. The van der Waals surface area contributed by atoms with Crippen LogP contribution in [0.15, 0.2) is 59.6 Å². The lowest BCUT2D eigenvalue weighted by atomic mass is 10.2. The summed E-state index contributed by atoms with van der Waals surface area (Å²) in [7, 11) is 0. The maximum absolute atomic E-state index is 12.7. The summed E-state index contributed by atoms with van der Waals surface area (Å²) in [4.78, 5) is 28.5. The summed E-state index contributed by atoms with van der Waals surface area (Å²) < 4.78 is 38.2. The van der Waals surface area contributed by atoms with Gasteiger partial charge in [-0.3, -0.25) is 14.6 Å². The van der Waals surface area contributed by atoms with E-state index in [2.05, 4.69) is 15.6 Å². The number of thioether (sulfide) groups is 1. The molecule has 2 aromatic rings. The first-order valence-corrected chi connectivity index (χ1v) is 9.22. The van der Waals surface area contributed by atoms with Gasteiger partial charge in [0.15, 0.2) is 5.17 Å². The third-order valence-electron chi connectivity index (χ3n) is 3.87. The summed E-state index contributed by atoms with van der Waals surface area (Å²) in [5.74, 6) is -0.896. The van der Waals surface area contributed by atoms with Crippen LogP contribution < -0.4 is 10.6 Å². The molecule has 1 saturated heterocycles. The summed E-state index contributed by atoms with van der Waals surface area (Å²) in [6, 6.07) is 13.8. The monoisotopic (exact) mass is 407 g/mol. The largest absolute Gasteiger partial charge is 0.416 e. The topological polar surface area (TPSA) is 70.6 Å². The van der Waals surface area contributed by atoms with Gasteiger partial charge in [0, 0.05) is 12.1 Å². The highest BCUT2D eigenvalue weighted by molar-refractivity contribution is 8.15. The van der Waals surface area contributed by atoms with Crippen LogP contribution in [0, 0.1) is 0 Å². The molecular weight excluding hydrogens is 391 g/mol. The van der Waals surface area contributed by atoms with Crippen LogP contribution >= 0.6 is 11.8 Å². The highest BCUT2D eigenvalue weighted by Crippen LogP contribution is 2.31. The number of hydrogen-bond donors (Lipinski definition) is 2. The molecule has 0 spiro atoms. The molecule has 2 aromatic carbocycles. The van der Waals surface area contributed by atoms with Gasteiger partial charge in [0.05, 0.1) is 12.1 Å². The number of halogens is 3. The molecule has 1 atom stereocenters. The fourth-order valence-corrected chi connectivity index (χ4v) is 3.48. The summed E-state index contributed by atoms with van der Waals surface area (Å²) in [6.45, 7) is 0.395. The third-order valence-corrected chi connectivity index (χ3v) is 4.99. The number of nitrogens with one attached hydrogen (secondary N) is 2. The van der Waals surface area contributed by atoms with Gasteiger partial charge >= 0.3 is 6.18 Å². The molecule has 2 N–H and O–H groups in total. The van der Waals surface area contributed by atoms with Gasteiger partial charge < -0.3 is 10.6 Å². The lowest BCUT2D eigenvalue weighted by Crippen LogP contribution is -2.28. The van der Waals surface area contributed by atoms with Crippen LogP contribution in [-0.2, 0) is 22.3 Å². The van der Waals surface area contributed by atoms with Crippen molar-refractivity contribution in [2.75, 3.05) is 5.32 Å². The Bertz CT molecular complexity index is 901. The molecule has 1 aliphatic heterocycles. The Morgan fingerprint density at radius 2 is 1.89 bits per heavy atom. The van der Waals surface area contributed by atoms with Gasteiger partial charge in [-0.2, -0.15) is 13.2 Å². The Balaban J connectivity index is 1.56. The molecule has 146 valence electrons. The van der Waals surface area contributed by atoms with E-state index in [0.29, 0.717) is 11.7 Å². The van der Waals surface area contributed by atoms with Crippen molar-refractivity contribution in [2.45, 2.75) is 24.4 Å². The summed E-state index contributed by atoms with van der Waals surface area (Å²) >= 11 is 1.13. The van der Waals surface area contributed by atoms with Crippen LogP contribution in [0.25, 0.3) is 0 Å². The van der Waals surface area contributed by atoms with Gasteiger partial charge in [-0.1, -0.05) is 48.2 Å². The van der Waals surface area contributed by atoms with E-state index in [1.54, 1.807) is 0 Å². The highest BCUT2D eigenvalue weighted by Gasteiger charge is 2.33. The molecule has 0 saturated carbocycles. The van der Waals surface area contributed by atoms with Crippen molar-refractivity contribution >= 4 is 34.4 Å². The van der Waals surface area contributed by atoms with Gasteiger partial charge in [-0.25, -0.2) is 0 Å². The number of anilines is 1. The van der Waals surface area contributed by atoms with Crippen molar-refractivity contribution in [1.29, 1.82) is 0 Å². The number of aliphatic imine (C=N–C) groups is 1. The molecular formula is C19H16F3N3O2S. The van der Waals surface area contributed by atoms with Crippen molar-refractivity contribution in [1.82, 2.24) is 5.32 Å². The predicted molar refractivity (Wildman–Crippen MR) is 102 cm³/mol. The first kappa shape index (κ1) is 19.9. The number of amides is 2. The van der Waals surface area contributed by atoms with E-state index in [0.717, 1.165) is 29.5 Å². The number of nitrogens with zero attached hydrogens (tertiary/aromatic N) is 1. The Morgan fingerprint density at radius 3 is 2.61 bits per heavy atom. The Morgan fingerprint density at radius 1 is 1.14 bits per heavy atom. The number of benzene rings is 2. The molecule has 2 amide bonds. The molecule has 1 heterocycles. The minimum atomic E-state index is -4.49. The molecule has 0 bridgehead atoms. The van der Waals surface area contributed by atoms with Crippen LogP contribution in [0.1, 0.15) is 17.5 Å². The second-order valence-electron chi connectivity index (χ2n) is 6.03. The molecule has 9 heteroatoms. The van der Waals surface area contributed by atoms with Gasteiger partial charge in [0.2, 0.25) is 11.8 Å². The van der Waals surface area contributed by atoms with Crippen molar-refractivity contribution in [3.63, 3.8) is 0 Å². The highest BCUT2D eigenvalue weighted by atomic mass is 32.2. The number of carbonyl (C=O) groups excluding carboxylic acids is 2. The van der Waals surface area contributed by atoms with E-state index >= 15 is 0 Å². The lowest BCUT2D eigenvalue weighted by Gasteiger charge is -2.10. The quantitative estimate of drug-likeness (QED) is 0.792. The van der Waals surface area contributed by atoms with Crippen LogP contribution in [-0.4, -0.2) is 22.2 Å². The van der Waals surface area contributed by atoms with Crippen LogP contribution in [0.5, 0.6) is 0 Å². The normalized spacial score (nSPS) is 18.2. The Labute approximate surface area is 163 Å². The van der Waals surface area contributed by atoms with Crippen LogP contribution in [0.4, 0.5) is 18.9 Å². The summed E-state index contributed by atoms with van der Waals surface area (Å²) in [5.41, 5.74) is 0.158. The van der Waals surface area contributed by atoms with E-state index in [9.17, 15) is 22.8 Å². The number of amidine groups is 1. The van der Waals surface area contributed by atoms with Gasteiger partial charge in [-0.15, -0.1) is 0 Å². The number of rotatable bonds is 5. The van der Waals surface area contributed by atoms with E-state index in [1.165, 1.54) is 12.1 Å². The SMILES string of the molecule is O=C(C[C@H]1SC(=NCc2ccccc2)NC1=O)Nc1cccc(C(F)(F)F)c1. The van der Waals surface area contributed by atoms with Crippen molar-refractivity contribution in [3.8, 4) is 0 Å². The molecule has 5 nitrogen and oxygen atoms in total. The first-order valence-electron chi connectivity index (χ1n) is 8.34. The molecule has 0 aliphatic carbocycles. The summed E-state index contributed by atoms with van der Waals surface area (Å²) in [5, 5.41) is 4.76. The van der Waals surface area contributed by atoms with Crippen molar-refractivity contribution in [3.05, 3.63) is 65.7 Å². The zero-order chi connectivity index (χ0) is 20.1. The van der Waals surface area contributed by atoms with Gasteiger partial charge in [-0.05, 0) is 23.8 Å². The van der Waals surface area contributed by atoms with Gasteiger partial charge in [0.25, 0.3) is 0 Å². The fourth-order valence-electron chi connectivity index (χ4n) is 2.51. The average Bonchev–Trinajstić information content (AvgIpc) is 3.00. The maximum atomic E-state index is 12.7. The molecule has 1 fully saturated rings. The second kappa shape index (κ2) is 8.47. The second-order valence-corrected chi connectivity index (χ2v) is 7.23. The molecule has 0 unspecified atom stereocenters. The van der Waals surface area contributed by atoms with E-state index in [4.69, 9.17) is 0 Å². The Hall–Kier alpha value is -2.81. The number of carbonyl (C=O) groups is 2. The number of hydrogen-bond acceptors (Lipinski definition) is 4.